The highest BCUT2D eigenvalue weighted by Gasteiger charge is 2.49. The maximum Gasteiger partial charge on any atom is 0.407 e. The molecule has 2 N–H and O–H groups in total. The normalized spacial score (nSPS) is 27.3. The zero-order valence-electron chi connectivity index (χ0n) is 23.2. The van der Waals surface area contributed by atoms with Gasteiger partial charge in [-0.25, -0.2) is 13.1 Å². The Morgan fingerprint density at radius 2 is 1.76 bits per heavy atom. The number of nitrogens with one attached hydrogen (secondary N) is 1. The standard InChI is InChI=1S/C30H36ClF3N2O5S/c31-23-11-8-22-18-41-27-13-10-20-16-25(27)36(14-4-3-5-19(22)15-23)17-21-9-12-24(21)26(37)6-1-2-7-28(30(32,33)34)42(39,40)35-29(20)38/h8,10-11,13,15-16,21,24,26,28,37H,1-7,9,12,14,17-18H2,(H,35,38)/t21?,24-,26+,28-/m1/s1. The van der Waals surface area contributed by atoms with Crippen LogP contribution in [0.15, 0.2) is 36.4 Å². The van der Waals surface area contributed by atoms with Crippen LogP contribution in [0.1, 0.15) is 72.9 Å². The van der Waals surface area contributed by atoms with Crippen molar-refractivity contribution in [3.8, 4) is 5.75 Å². The van der Waals surface area contributed by atoms with Gasteiger partial charge in [0.2, 0.25) is 10.0 Å². The fourth-order valence-electron chi connectivity index (χ4n) is 6.34. The molecule has 1 saturated carbocycles. The van der Waals surface area contributed by atoms with Gasteiger partial charge in [0.25, 0.3) is 5.91 Å². The van der Waals surface area contributed by atoms with Gasteiger partial charge in [0.15, 0.2) is 5.25 Å². The Balaban J connectivity index is 1.53. The molecule has 1 amide bonds. The number of aryl methyl sites for hydroxylation is 1. The Bertz CT molecular complexity index is 1400. The van der Waals surface area contributed by atoms with Gasteiger partial charge in [-0.1, -0.05) is 30.5 Å². The monoisotopic (exact) mass is 628 g/mol. The van der Waals surface area contributed by atoms with E-state index in [9.17, 15) is 31.5 Å². The van der Waals surface area contributed by atoms with Crippen LogP contribution >= 0.6 is 11.6 Å². The maximum atomic E-state index is 13.8. The van der Waals surface area contributed by atoms with Crippen LogP contribution in [0.4, 0.5) is 18.9 Å². The maximum absolute atomic E-state index is 13.8. The summed E-state index contributed by atoms with van der Waals surface area (Å²) >= 11 is 6.25. The molecule has 1 unspecified atom stereocenters. The summed E-state index contributed by atoms with van der Waals surface area (Å²) in [4.78, 5) is 15.2. The van der Waals surface area contributed by atoms with Crippen molar-refractivity contribution in [1.29, 1.82) is 0 Å². The number of fused-ring (bicyclic) bond motifs is 3. The van der Waals surface area contributed by atoms with Crippen molar-refractivity contribution in [3.63, 3.8) is 0 Å². The predicted octanol–water partition coefficient (Wildman–Crippen LogP) is 6.01. The van der Waals surface area contributed by atoms with Crippen molar-refractivity contribution in [2.75, 3.05) is 18.0 Å². The lowest BCUT2D eigenvalue weighted by Crippen LogP contribution is -2.46. The number of amides is 1. The van der Waals surface area contributed by atoms with E-state index in [1.54, 1.807) is 16.9 Å². The second-order valence-electron chi connectivity index (χ2n) is 11.6. The lowest BCUT2D eigenvalue weighted by atomic mass is 9.69. The molecular formula is C30H36ClF3N2O5S. The number of benzene rings is 2. The fraction of sp³-hybridized carbons (Fsp3) is 0.567. The summed E-state index contributed by atoms with van der Waals surface area (Å²) in [6, 6.07) is 10.1. The molecule has 1 fully saturated rings. The largest absolute Gasteiger partial charge is 0.487 e. The van der Waals surface area contributed by atoms with E-state index in [1.165, 1.54) is 12.1 Å². The van der Waals surface area contributed by atoms with E-state index in [0.29, 0.717) is 36.0 Å². The molecule has 0 spiro atoms. The van der Waals surface area contributed by atoms with Crippen LogP contribution < -0.4 is 14.4 Å². The van der Waals surface area contributed by atoms with Crippen LogP contribution in [0.3, 0.4) is 0 Å². The SMILES string of the molecule is O=C1NS(=O)(=O)[C@@H](C(F)(F)F)CCCC[C@H](O)[C@@H]2CCC2CN2CCCCc3cc(Cl)ccc3COc3ccc1cc32. The molecule has 2 aliphatic heterocycles. The van der Waals surface area contributed by atoms with E-state index in [4.69, 9.17) is 16.3 Å². The number of hydrogen-bond acceptors (Lipinski definition) is 6. The number of alkyl halides is 3. The third kappa shape index (κ3) is 7.00. The Hall–Kier alpha value is -2.50. The average molecular weight is 629 g/mol. The molecule has 0 saturated heterocycles. The summed E-state index contributed by atoms with van der Waals surface area (Å²) in [5.41, 5.74) is 2.55. The molecule has 2 aromatic rings. The van der Waals surface area contributed by atoms with E-state index >= 15 is 0 Å². The summed E-state index contributed by atoms with van der Waals surface area (Å²) in [6.07, 6.45) is -1.70. The number of aliphatic hydroxyl groups is 1. The van der Waals surface area contributed by atoms with Gasteiger partial charge < -0.3 is 14.7 Å². The number of sulfonamides is 1. The second kappa shape index (κ2) is 12.6. The van der Waals surface area contributed by atoms with Gasteiger partial charge in [-0.3, -0.25) is 4.79 Å². The van der Waals surface area contributed by atoms with E-state index in [-0.39, 0.29) is 36.8 Å². The van der Waals surface area contributed by atoms with Crippen LogP contribution in [0.5, 0.6) is 5.75 Å². The molecule has 2 aromatic carbocycles. The number of ether oxygens (including phenoxy) is 1. The molecule has 2 bridgehead atoms. The zero-order chi connectivity index (χ0) is 30.1. The third-order valence-corrected chi connectivity index (χ3v) is 10.8. The number of anilines is 1. The molecule has 0 radical (unpaired) electrons. The quantitative estimate of drug-likeness (QED) is 0.371. The highest BCUT2D eigenvalue weighted by molar-refractivity contribution is 7.90. The molecule has 0 aromatic heterocycles. The molecule has 5 rings (SSSR count). The summed E-state index contributed by atoms with van der Waals surface area (Å²) in [6.45, 7) is 1.47. The first-order valence-electron chi connectivity index (χ1n) is 14.5. The van der Waals surface area contributed by atoms with Crippen LogP contribution in [0, 0.1) is 11.8 Å². The highest BCUT2D eigenvalue weighted by atomic mass is 35.5. The number of halogens is 4. The molecular weight excluding hydrogens is 593 g/mol. The minimum absolute atomic E-state index is 0.000446. The summed E-state index contributed by atoms with van der Waals surface area (Å²) in [5.74, 6) is -0.476. The van der Waals surface area contributed by atoms with Crippen molar-refractivity contribution in [2.24, 2.45) is 11.8 Å². The minimum atomic E-state index is -5.07. The Morgan fingerprint density at radius 1 is 0.976 bits per heavy atom. The Kier molecular flexibility index (Phi) is 9.30. The molecule has 42 heavy (non-hydrogen) atoms. The molecule has 4 atom stereocenters. The fourth-order valence-corrected chi connectivity index (χ4v) is 7.88. The van der Waals surface area contributed by atoms with Gasteiger partial charge in [-0.05, 0) is 98.2 Å². The topological polar surface area (TPSA) is 95.9 Å². The molecule has 2 heterocycles. The third-order valence-electron chi connectivity index (χ3n) is 8.85. The van der Waals surface area contributed by atoms with Crippen molar-refractivity contribution in [1.82, 2.24) is 4.72 Å². The lowest BCUT2D eigenvalue weighted by molar-refractivity contribution is -0.131. The van der Waals surface area contributed by atoms with Gasteiger partial charge in [-0.2, -0.15) is 13.2 Å². The van der Waals surface area contributed by atoms with E-state index < -0.39 is 39.9 Å². The molecule has 3 aliphatic rings. The van der Waals surface area contributed by atoms with Crippen LogP contribution in [-0.2, 0) is 23.1 Å². The first-order valence-corrected chi connectivity index (χ1v) is 16.4. The molecule has 230 valence electrons. The zero-order valence-corrected chi connectivity index (χ0v) is 24.8. The Labute approximate surface area is 249 Å². The van der Waals surface area contributed by atoms with Crippen molar-refractivity contribution < 1.29 is 36.2 Å². The molecule has 7 nitrogen and oxygen atoms in total. The first kappa shape index (κ1) is 30.9. The van der Waals surface area contributed by atoms with Crippen molar-refractivity contribution >= 4 is 33.2 Å². The van der Waals surface area contributed by atoms with Crippen molar-refractivity contribution in [3.05, 3.63) is 58.1 Å². The van der Waals surface area contributed by atoms with E-state index in [1.807, 2.05) is 12.1 Å². The van der Waals surface area contributed by atoms with Gasteiger partial charge >= 0.3 is 6.18 Å². The van der Waals surface area contributed by atoms with Crippen LogP contribution in [0.25, 0.3) is 0 Å². The number of carbonyl (C=O) groups is 1. The van der Waals surface area contributed by atoms with E-state index in [2.05, 4.69) is 4.90 Å². The first-order chi connectivity index (χ1) is 19.9. The number of carbonyl (C=O) groups excluding carboxylic acids is 1. The smallest absolute Gasteiger partial charge is 0.407 e. The minimum Gasteiger partial charge on any atom is -0.487 e. The summed E-state index contributed by atoms with van der Waals surface area (Å²) < 4.78 is 75.1. The lowest BCUT2D eigenvalue weighted by Gasteiger charge is -2.43. The molecule has 12 heteroatoms. The number of nitrogens with zero attached hydrogens (tertiary/aromatic N) is 1. The number of hydrogen-bond donors (Lipinski definition) is 2. The van der Waals surface area contributed by atoms with Gasteiger partial charge in [0.1, 0.15) is 12.4 Å². The number of aliphatic hydroxyl groups excluding tert-OH is 1. The van der Waals surface area contributed by atoms with Gasteiger partial charge in [0.05, 0.1) is 11.8 Å². The predicted molar refractivity (Wildman–Crippen MR) is 154 cm³/mol. The second-order valence-corrected chi connectivity index (χ2v) is 13.9. The van der Waals surface area contributed by atoms with Gasteiger partial charge in [0, 0.05) is 23.7 Å². The highest BCUT2D eigenvalue weighted by Crippen LogP contribution is 2.42. The molecule has 1 aliphatic carbocycles. The van der Waals surface area contributed by atoms with Crippen LogP contribution in [-0.4, -0.2) is 50.1 Å². The van der Waals surface area contributed by atoms with E-state index in [0.717, 1.165) is 43.2 Å². The summed E-state index contributed by atoms with van der Waals surface area (Å²) in [5, 5.41) is 8.84. The van der Waals surface area contributed by atoms with Gasteiger partial charge in [-0.15, -0.1) is 0 Å². The average Bonchev–Trinajstić information content (AvgIpc) is 2.92. The summed E-state index contributed by atoms with van der Waals surface area (Å²) in [7, 11) is -5.07. The van der Waals surface area contributed by atoms with Crippen molar-refractivity contribution in [2.45, 2.75) is 81.9 Å². The number of rotatable bonds is 0. The Morgan fingerprint density at radius 3 is 2.50 bits per heavy atom. The van der Waals surface area contributed by atoms with Crippen LogP contribution in [0.2, 0.25) is 5.02 Å².